The molecule has 2 N–H and O–H groups in total. The summed E-state index contributed by atoms with van der Waals surface area (Å²) in [5.41, 5.74) is 1.23. The first-order valence-corrected chi connectivity index (χ1v) is 6.72. The minimum absolute atomic E-state index is 0.415. The fraction of sp³-hybridized carbons (Fsp3) is 0.533. The molecule has 0 amide bonds. The number of nitrogens with one attached hydrogen (secondary N) is 2. The molecule has 0 bridgehead atoms. The number of hydrogen-bond donors (Lipinski definition) is 2. The Kier molecular flexibility index (Phi) is 6.26. The maximum atomic E-state index is 4.60. The number of rotatable bonds is 5. The van der Waals surface area contributed by atoms with Gasteiger partial charge in [-0.1, -0.05) is 44.2 Å². The summed E-state index contributed by atoms with van der Waals surface area (Å²) in [5.74, 6) is 1.48. The standard InChI is InChI=1S/C15H25N3/c1-5-16-15(18-13(4)12(2)3)17-11-14-9-7-6-8-10-14/h6-10,12-13H,5,11H2,1-4H3,(H2,16,17,18). The van der Waals surface area contributed by atoms with Crippen molar-refractivity contribution in [3.05, 3.63) is 35.9 Å². The Bertz CT molecular complexity index is 357. The summed E-state index contributed by atoms with van der Waals surface area (Å²) in [6.45, 7) is 10.3. The largest absolute Gasteiger partial charge is 0.357 e. The quantitative estimate of drug-likeness (QED) is 0.620. The van der Waals surface area contributed by atoms with Crippen molar-refractivity contribution in [2.45, 2.75) is 40.3 Å². The van der Waals surface area contributed by atoms with Gasteiger partial charge in [-0.15, -0.1) is 0 Å². The summed E-state index contributed by atoms with van der Waals surface area (Å²) >= 11 is 0. The van der Waals surface area contributed by atoms with E-state index < -0.39 is 0 Å². The predicted molar refractivity (Wildman–Crippen MR) is 78.7 cm³/mol. The molecule has 0 heterocycles. The molecule has 3 heteroatoms. The smallest absolute Gasteiger partial charge is 0.191 e. The number of nitrogens with zero attached hydrogens (tertiary/aromatic N) is 1. The second-order valence-corrected chi connectivity index (χ2v) is 4.86. The topological polar surface area (TPSA) is 36.4 Å². The Labute approximate surface area is 111 Å². The molecule has 100 valence electrons. The summed E-state index contributed by atoms with van der Waals surface area (Å²) < 4.78 is 0. The van der Waals surface area contributed by atoms with Crippen LogP contribution in [0.4, 0.5) is 0 Å². The first kappa shape index (κ1) is 14.6. The highest BCUT2D eigenvalue weighted by atomic mass is 15.2. The Hall–Kier alpha value is -1.51. The van der Waals surface area contributed by atoms with Crippen LogP contribution in [0.3, 0.4) is 0 Å². The van der Waals surface area contributed by atoms with Crippen LogP contribution in [-0.4, -0.2) is 18.5 Å². The van der Waals surface area contributed by atoms with Gasteiger partial charge in [0.25, 0.3) is 0 Å². The summed E-state index contributed by atoms with van der Waals surface area (Å²) in [6, 6.07) is 10.7. The molecule has 0 saturated heterocycles. The molecule has 0 radical (unpaired) electrons. The zero-order valence-corrected chi connectivity index (χ0v) is 11.9. The van der Waals surface area contributed by atoms with E-state index in [-0.39, 0.29) is 0 Å². The molecule has 0 spiro atoms. The van der Waals surface area contributed by atoms with Crippen LogP contribution < -0.4 is 10.6 Å². The van der Waals surface area contributed by atoms with Crippen LogP contribution in [-0.2, 0) is 6.54 Å². The van der Waals surface area contributed by atoms with Crippen molar-refractivity contribution in [3.63, 3.8) is 0 Å². The third-order valence-corrected chi connectivity index (χ3v) is 2.97. The summed E-state index contributed by atoms with van der Waals surface area (Å²) in [7, 11) is 0. The summed E-state index contributed by atoms with van der Waals surface area (Å²) in [6.07, 6.45) is 0. The van der Waals surface area contributed by atoms with Gasteiger partial charge in [0, 0.05) is 12.6 Å². The second kappa shape index (κ2) is 7.75. The van der Waals surface area contributed by atoms with Crippen LogP contribution in [0.25, 0.3) is 0 Å². The van der Waals surface area contributed by atoms with E-state index in [1.165, 1.54) is 5.56 Å². The minimum Gasteiger partial charge on any atom is -0.357 e. The third kappa shape index (κ3) is 5.21. The highest BCUT2D eigenvalue weighted by Gasteiger charge is 2.08. The number of guanidine groups is 1. The lowest BCUT2D eigenvalue weighted by Crippen LogP contribution is -2.44. The normalized spacial score (nSPS) is 13.5. The molecular formula is C15H25N3. The molecule has 0 aliphatic carbocycles. The van der Waals surface area contributed by atoms with E-state index in [2.05, 4.69) is 55.5 Å². The van der Waals surface area contributed by atoms with Crippen molar-refractivity contribution in [2.24, 2.45) is 10.9 Å². The zero-order chi connectivity index (χ0) is 13.4. The zero-order valence-electron chi connectivity index (χ0n) is 11.9. The fourth-order valence-electron chi connectivity index (χ4n) is 1.46. The van der Waals surface area contributed by atoms with Gasteiger partial charge < -0.3 is 10.6 Å². The van der Waals surface area contributed by atoms with Crippen LogP contribution in [0.5, 0.6) is 0 Å². The number of aliphatic imine (C=N–C) groups is 1. The van der Waals surface area contributed by atoms with Gasteiger partial charge in [0.05, 0.1) is 6.54 Å². The average Bonchev–Trinajstić information content (AvgIpc) is 2.37. The van der Waals surface area contributed by atoms with Gasteiger partial charge >= 0.3 is 0 Å². The van der Waals surface area contributed by atoms with E-state index in [0.29, 0.717) is 18.5 Å². The molecule has 3 nitrogen and oxygen atoms in total. The molecule has 0 fully saturated rings. The molecule has 1 aromatic rings. The van der Waals surface area contributed by atoms with E-state index in [9.17, 15) is 0 Å². The summed E-state index contributed by atoms with van der Waals surface area (Å²) in [5, 5.41) is 6.70. The highest BCUT2D eigenvalue weighted by molar-refractivity contribution is 5.80. The molecule has 1 aromatic carbocycles. The van der Waals surface area contributed by atoms with E-state index in [0.717, 1.165) is 12.5 Å². The second-order valence-electron chi connectivity index (χ2n) is 4.86. The molecule has 0 aromatic heterocycles. The van der Waals surface area contributed by atoms with Crippen molar-refractivity contribution in [3.8, 4) is 0 Å². The van der Waals surface area contributed by atoms with Gasteiger partial charge in [-0.3, -0.25) is 0 Å². The van der Waals surface area contributed by atoms with Crippen LogP contribution >= 0.6 is 0 Å². The maximum absolute atomic E-state index is 4.60. The molecule has 1 rings (SSSR count). The Morgan fingerprint density at radius 3 is 2.39 bits per heavy atom. The van der Waals surface area contributed by atoms with Gasteiger partial charge in [0.1, 0.15) is 0 Å². The predicted octanol–water partition coefficient (Wildman–Crippen LogP) is 2.79. The Balaban J connectivity index is 2.60. The first-order chi connectivity index (χ1) is 8.63. The average molecular weight is 247 g/mol. The van der Waals surface area contributed by atoms with Gasteiger partial charge in [-0.05, 0) is 25.3 Å². The molecule has 1 unspecified atom stereocenters. The SMILES string of the molecule is CCNC(=NCc1ccccc1)NC(C)C(C)C. The van der Waals surface area contributed by atoms with Crippen LogP contribution in [0.1, 0.15) is 33.3 Å². The van der Waals surface area contributed by atoms with Crippen molar-refractivity contribution in [1.82, 2.24) is 10.6 Å². The molecule has 0 aliphatic heterocycles. The minimum atomic E-state index is 0.415. The van der Waals surface area contributed by atoms with Gasteiger partial charge in [-0.2, -0.15) is 0 Å². The van der Waals surface area contributed by atoms with Gasteiger partial charge in [-0.25, -0.2) is 4.99 Å². The lowest BCUT2D eigenvalue weighted by atomic mass is 10.1. The van der Waals surface area contributed by atoms with Crippen molar-refractivity contribution < 1.29 is 0 Å². The Morgan fingerprint density at radius 2 is 1.83 bits per heavy atom. The Morgan fingerprint density at radius 1 is 1.17 bits per heavy atom. The molecular weight excluding hydrogens is 222 g/mol. The van der Waals surface area contributed by atoms with E-state index >= 15 is 0 Å². The highest BCUT2D eigenvalue weighted by Crippen LogP contribution is 2.02. The lowest BCUT2D eigenvalue weighted by molar-refractivity contribution is 0.481. The van der Waals surface area contributed by atoms with E-state index in [1.54, 1.807) is 0 Å². The van der Waals surface area contributed by atoms with Crippen molar-refractivity contribution in [2.75, 3.05) is 6.54 Å². The maximum Gasteiger partial charge on any atom is 0.191 e. The molecule has 0 saturated carbocycles. The number of hydrogen-bond acceptors (Lipinski definition) is 1. The first-order valence-electron chi connectivity index (χ1n) is 6.72. The third-order valence-electron chi connectivity index (χ3n) is 2.97. The van der Waals surface area contributed by atoms with Gasteiger partial charge in [0.2, 0.25) is 0 Å². The molecule has 0 aliphatic rings. The van der Waals surface area contributed by atoms with Crippen LogP contribution in [0.15, 0.2) is 35.3 Å². The van der Waals surface area contributed by atoms with Crippen molar-refractivity contribution >= 4 is 5.96 Å². The lowest BCUT2D eigenvalue weighted by Gasteiger charge is -2.20. The monoisotopic (exact) mass is 247 g/mol. The van der Waals surface area contributed by atoms with Crippen LogP contribution in [0, 0.1) is 5.92 Å². The number of benzene rings is 1. The van der Waals surface area contributed by atoms with Crippen LogP contribution in [0.2, 0.25) is 0 Å². The summed E-state index contributed by atoms with van der Waals surface area (Å²) in [4.78, 5) is 4.60. The fourth-order valence-corrected chi connectivity index (χ4v) is 1.46. The molecule has 1 atom stereocenters. The van der Waals surface area contributed by atoms with E-state index in [1.807, 2.05) is 18.2 Å². The molecule has 18 heavy (non-hydrogen) atoms. The van der Waals surface area contributed by atoms with Crippen molar-refractivity contribution in [1.29, 1.82) is 0 Å². The van der Waals surface area contributed by atoms with E-state index in [4.69, 9.17) is 0 Å². The van der Waals surface area contributed by atoms with Gasteiger partial charge in [0.15, 0.2) is 5.96 Å².